The molecule has 21 heavy (non-hydrogen) atoms. The monoisotopic (exact) mass is 301 g/mol. The second kappa shape index (κ2) is 7.29. The molecule has 0 saturated heterocycles. The Labute approximate surface area is 127 Å². The maximum Gasteiger partial charge on any atom is 0.324 e. The first-order valence-electron chi connectivity index (χ1n) is 6.08. The summed E-state index contributed by atoms with van der Waals surface area (Å²) in [6, 6.07) is 11.4. The summed E-state index contributed by atoms with van der Waals surface area (Å²) in [5, 5.41) is 14.5. The molecule has 0 radical (unpaired) electrons. The third-order valence-electron chi connectivity index (χ3n) is 2.39. The van der Waals surface area contributed by atoms with Gasteiger partial charge in [-0.3, -0.25) is 5.32 Å². The van der Waals surface area contributed by atoms with E-state index in [1.165, 1.54) is 0 Å². The van der Waals surface area contributed by atoms with Crippen LogP contribution in [0, 0.1) is 11.8 Å². The number of rotatable bonds is 2. The predicted octanol–water partition coefficient (Wildman–Crippen LogP) is 2.72. The van der Waals surface area contributed by atoms with Gasteiger partial charge in [-0.25, -0.2) is 9.78 Å². The molecule has 106 valence electrons. The largest absolute Gasteiger partial charge is 0.384 e. The van der Waals surface area contributed by atoms with Gasteiger partial charge in [-0.2, -0.15) is 0 Å². The Balaban J connectivity index is 2.00. The van der Waals surface area contributed by atoms with E-state index >= 15 is 0 Å². The van der Waals surface area contributed by atoms with Crippen molar-refractivity contribution in [2.24, 2.45) is 0 Å². The Morgan fingerprint density at radius 2 is 1.95 bits per heavy atom. The fraction of sp³-hybridized carbons (Fsp3) is 0.0667. The topological polar surface area (TPSA) is 74.2 Å². The summed E-state index contributed by atoms with van der Waals surface area (Å²) in [5.41, 5.74) is 1.08. The highest BCUT2D eigenvalue weighted by Gasteiger charge is 2.03. The third-order valence-corrected chi connectivity index (χ3v) is 2.64. The molecule has 0 bridgehead atoms. The highest BCUT2D eigenvalue weighted by Crippen LogP contribution is 2.13. The molecule has 0 spiro atoms. The van der Waals surface area contributed by atoms with Gasteiger partial charge < -0.3 is 10.4 Å². The number of urea groups is 1. The number of aliphatic hydroxyl groups is 1. The molecule has 0 unspecified atom stereocenters. The van der Waals surface area contributed by atoms with Crippen molar-refractivity contribution in [1.82, 2.24) is 4.98 Å². The van der Waals surface area contributed by atoms with Gasteiger partial charge in [-0.15, -0.1) is 0 Å². The first-order chi connectivity index (χ1) is 10.2. The van der Waals surface area contributed by atoms with Crippen molar-refractivity contribution in [2.75, 3.05) is 17.2 Å². The Hall–Kier alpha value is -2.55. The second-order valence-corrected chi connectivity index (χ2v) is 4.39. The number of hydrogen-bond acceptors (Lipinski definition) is 3. The number of aliphatic hydroxyl groups excluding tert-OH is 1. The van der Waals surface area contributed by atoms with E-state index in [0.29, 0.717) is 22.2 Å². The lowest BCUT2D eigenvalue weighted by Crippen LogP contribution is -2.20. The summed E-state index contributed by atoms with van der Waals surface area (Å²) in [5.74, 6) is 5.53. The van der Waals surface area contributed by atoms with Crippen LogP contribution in [-0.2, 0) is 0 Å². The molecule has 1 heterocycles. The highest BCUT2D eigenvalue weighted by molar-refractivity contribution is 6.30. The molecule has 3 N–H and O–H groups in total. The van der Waals surface area contributed by atoms with Gasteiger partial charge in [0, 0.05) is 10.7 Å². The third kappa shape index (κ3) is 4.80. The molecule has 6 heteroatoms. The first kappa shape index (κ1) is 14.9. The number of anilines is 2. The minimum atomic E-state index is -0.419. The summed E-state index contributed by atoms with van der Waals surface area (Å²) in [4.78, 5) is 15.9. The summed E-state index contributed by atoms with van der Waals surface area (Å²) in [6.07, 6.45) is 0. The van der Waals surface area contributed by atoms with Gasteiger partial charge in [0.15, 0.2) is 0 Å². The SMILES string of the molecule is O=C(Nc1ccc(Cl)cc1)Nc1cccc(C#CCO)n1. The summed E-state index contributed by atoms with van der Waals surface area (Å²) >= 11 is 5.77. The molecule has 0 saturated carbocycles. The number of carbonyl (C=O) groups excluding carboxylic acids is 1. The van der Waals surface area contributed by atoms with E-state index in [-0.39, 0.29) is 6.61 Å². The average molecular weight is 302 g/mol. The van der Waals surface area contributed by atoms with Crippen LogP contribution < -0.4 is 10.6 Å². The summed E-state index contributed by atoms with van der Waals surface area (Å²) in [7, 11) is 0. The lowest BCUT2D eigenvalue weighted by Gasteiger charge is -2.07. The van der Waals surface area contributed by atoms with Crippen molar-refractivity contribution in [3.8, 4) is 11.8 Å². The zero-order valence-corrected chi connectivity index (χ0v) is 11.7. The maximum absolute atomic E-state index is 11.8. The van der Waals surface area contributed by atoms with E-state index in [1.54, 1.807) is 42.5 Å². The number of nitrogens with one attached hydrogen (secondary N) is 2. The van der Waals surface area contributed by atoms with Crippen LogP contribution in [0.2, 0.25) is 5.02 Å². The standard InChI is InChI=1S/C15H12ClN3O2/c16-11-6-8-13(9-7-11)18-15(21)19-14-5-1-3-12(17-14)4-2-10-20/h1,3,5-9,20H,10H2,(H2,17,18,19,21). The van der Waals surface area contributed by atoms with Crippen LogP contribution in [0.1, 0.15) is 5.69 Å². The van der Waals surface area contributed by atoms with Crippen LogP contribution in [-0.4, -0.2) is 22.7 Å². The van der Waals surface area contributed by atoms with Crippen molar-refractivity contribution >= 4 is 29.1 Å². The molecule has 2 rings (SSSR count). The van der Waals surface area contributed by atoms with E-state index in [1.807, 2.05) is 0 Å². The number of nitrogens with zero attached hydrogens (tertiary/aromatic N) is 1. The molecule has 2 amide bonds. The number of aromatic nitrogens is 1. The number of benzene rings is 1. The number of pyridine rings is 1. The second-order valence-electron chi connectivity index (χ2n) is 3.95. The molecule has 0 fully saturated rings. The van der Waals surface area contributed by atoms with Gasteiger partial charge in [0.2, 0.25) is 0 Å². The zero-order chi connectivity index (χ0) is 15.1. The van der Waals surface area contributed by atoms with E-state index in [0.717, 1.165) is 0 Å². The normalized spacial score (nSPS) is 9.43. The smallest absolute Gasteiger partial charge is 0.324 e. The Morgan fingerprint density at radius 3 is 2.67 bits per heavy atom. The quantitative estimate of drug-likeness (QED) is 0.747. The number of halogens is 1. The van der Waals surface area contributed by atoms with Gasteiger partial charge >= 0.3 is 6.03 Å². The van der Waals surface area contributed by atoms with Gasteiger partial charge in [-0.1, -0.05) is 23.6 Å². The fourth-order valence-electron chi connectivity index (χ4n) is 1.52. The molecule has 5 nitrogen and oxygen atoms in total. The molecular weight excluding hydrogens is 290 g/mol. The van der Waals surface area contributed by atoms with Gasteiger partial charge in [0.05, 0.1) is 0 Å². The van der Waals surface area contributed by atoms with Crippen LogP contribution >= 0.6 is 11.6 Å². The lowest BCUT2D eigenvalue weighted by atomic mass is 10.3. The molecule has 2 aromatic rings. The average Bonchev–Trinajstić information content (AvgIpc) is 2.48. The molecule has 1 aromatic heterocycles. The Bertz CT molecular complexity index is 690. The van der Waals surface area contributed by atoms with Crippen LogP contribution in [0.4, 0.5) is 16.3 Å². The van der Waals surface area contributed by atoms with Crippen molar-refractivity contribution < 1.29 is 9.90 Å². The molecule has 0 aliphatic rings. The zero-order valence-electron chi connectivity index (χ0n) is 10.9. The van der Waals surface area contributed by atoms with Gasteiger partial charge in [-0.05, 0) is 42.3 Å². The number of hydrogen-bond donors (Lipinski definition) is 3. The van der Waals surface area contributed by atoms with E-state index in [2.05, 4.69) is 27.5 Å². The van der Waals surface area contributed by atoms with Crippen LogP contribution in [0.3, 0.4) is 0 Å². The van der Waals surface area contributed by atoms with Crippen molar-refractivity contribution in [3.05, 3.63) is 53.2 Å². The fourth-order valence-corrected chi connectivity index (χ4v) is 1.64. The van der Waals surface area contributed by atoms with E-state index in [4.69, 9.17) is 16.7 Å². The van der Waals surface area contributed by atoms with Gasteiger partial charge in [0.1, 0.15) is 18.1 Å². The molecule has 0 aliphatic carbocycles. The van der Waals surface area contributed by atoms with Crippen molar-refractivity contribution in [1.29, 1.82) is 0 Å². The Morgan fingerprint density at radius 1 is 1.19 bits per heavy atom. The highest BCUT2D eigenvalue weighted by atomic mass is 35.5. The summed E-state index contributed by atoms with van der Waals surface area (Å²) < 4.78 is 0. The summed E-state index contributed by atoms with van der Waals surface area (Å²) in [6.45, 7) is -0.240. The molecular formula is C15H12ClN3O2. The first-order valence-corrected chi connectivity index (χ1v) is 6.45. The van der Waals surface area contributed by atoms with Crippen LogP contribution in [0.5, 0.6) is 0 Å². The van der Waals surface area contributed by atoms with Crippen LogP contribution in [0.15, 0.2) is 42.5 Å². The van der Waals surface area contributed by atoms with Gasteiger partial charge in [0.25, 0.3) is 0 Å². The molecule has 1 aromatic carbocycles. The minimum absolute atomic E-state index is 0.240. The van der Waals surface area contributed by atoms with Crippen molar-refractivity contribution in [2.45, 2.75) is 0 Å². The predicted molar refractivity (Wildman–Crippen MR) is 82.3 cm³/mol. The van der Waals surface area contributed by atoms with E-state index < -0.39 is 6.03 Å². The number of amides is 2. The molecule has 0 atom stereocenters. The lowest BCUT2D eigenvalue weighted by molar-refractivity contribution is 0.262. The van der Waals surface area contributed by atoms with Crippen molar-refractivity contribution in [3.63, 3.8) is 0 Å². The van der Waals surface area contributed by atoms with Crippen LogP contribution in [0.25, 0.3) is 0 Å². The Kier molecular flexibility index (Phi) is 5.16. The van der Waals surface area contributed by atoms with E-state index in [9.17, 15) is 4.79 Å². The number of carbonyl (C=O) groups is 1. The molecule has 0 aliphatic heterocycles. The maximum atomic E-state index is 11.8. The minimum Gasteiger partial charge on any atom is -0.384 e.